The van der Waals surface area contributed by atoms with Crippen LogP contribution in [-0.4, -0.2) is 43.7 Å². The number of nitrogens with zero attached hydrogens (tertiary/aromatic N) is 1. The largest absolute Gasteiger partial charge is 0.379 e. The third-order valence-corrected chi connectivity index (χ3v) is 4.94. The first-order valence-electron chi connectivity index (χ1n) is 8.57. The smallest absolute Gasteiger partial charge is 0.251 e. The lowest BCUT2D eigenvalue weighted by Crippen LogP contribution is -2.44. The van der Waals surface area contributed by atoms with Crippen molar-refractivity contribution in [2.45, 2.75) is 13.0 Å². The molecule has 1 fully saturated rings. The van der Waals surface area contributed by atoms with Crippen molar-refractivity contribution in [3.05, 3.63) is 70.2 Å². The van der Waals surface area contributed by atoms with Gasteiger partial charge in [0, 0.05) is 30.2 Å². The molecule has 6 heteroatoms. The van der Waals surface area contributed by atoms with Gasteiger partial charge in [0.15, 0.2) is 0 Å². The summed E-state index contributed by atoms with van der Waals surface area (Å²) in [6, 6.07) is 15.5. The molecule has 1 N–H and O–H groups in total. The molecule has 140 valence electrons. The van der Waals surface area contributed by atoms with E-state index in [1.54, 1.807) is 0 Å². The summed E-state index contributed by atoms with van der Waals surface area (Å²) < 4.78 is 5.46. The van der Waals surface area contributed by atoms with Gasteiger partial charge in [-0.15, -0.1) is 12.4 Å². The maximum atomic E-state index is 12.6. The lowest BCUT2D eigenvalue weighted by Gasteiger charge is -2.35. The number of aryl methyl sites for hydroxylation is 1. The zero-order valence-electron chi connectivity index (χ0n) is 14.8. The number of halogens is 2. The molecule has 4 nitrogen and oxygen atoms in total. The van der Waals surface area contributed by atoms with Gasteiger partial charge in [-0.3, -0.25) is 9.69 Å². The molecule has 1 saturated heterocycles. The second-order valence-electron chi connectivity index (χ2n) is 6.21. The molecule has 1 atom stereocenters. The van der Waals surface area contributed by atoms with Crippen molar-refractivity contribution < 1.29 is 9.53 Å². The molecule has 0 bridgehead atoms. The zero-order chi connectivity index (χ0) is 17.6. The normalized spacial score (nSPS) is 15.8. The summed E-state index contributed by atoms with van der Waals surface area (Å²) in [6.07, 6.45) is 0. The first-order chi connectivity index (χ1) is 12.2. The summed E-state index contributed by atoms with van der Waals surface area (Å²) in [5, 5.41) is 3.81. The quantitative estimate of drug-likeness (QED) is 0.836. The van der Waals surface area contributed by atoms with Gasteiger partial charge >= 0.3 is 0 Å². The molecule has 1 unspecified atom stereocenters. The molecule has 0 spiro atoms. The zero-order valence-corrected chi connectivity index (χ0v) is 16.4. The van der Waals surface area contributed by atoms with Crippen LogP contribution in [0.5, 0.6) is 0 Å². The van der Waals surface area contributed by atoms with Gasteiger partial charge in [0.25, 0.3) is 5.91 Å². The van der Waals surface area contributed by atoms with Crippen LogP contribution in [0.25, 0.3) is 0 Å². The van der Waals surface area contributed by atoms with Crippen molar-refractivity contribution in [3.63, 3.8) is 0 Å². The first-order valence-corrected chi connectivity index (χ1v) is 8.94. The lowest BCUT2D eigenvalue weighted by molar-refractivity contribution is 0.0162. The summed E-state index contributed by atoms with van der Waals surface area (Å²) >= 11 is 6.43. The molecular weight excluding hydrogens is 371 g/mol. The number of carbonyl (C=O) groups excluding carboxylic acids is 1. The third kappa shape index (κ3) is 4.98. The number of ether oxygens (including phenoxy) is 1. The number of amides is 1. The Bertz CT molecular complexity index is 733. The van der Waals surface area contributed by atoms with Gasteiger partial charge in [-0.1, -0.05) is 48.0 Å². The Morgan fingerprint density at radius 2 is 1.81 bits per heavy atom. The van der Waals surface area contributed by atoms with Crippen LogP contribution in [0.3, 0.4) is 0 Å². The van der Waals surface area contributed by atoms with E-state index in [0.29, 0.717) is 25.3 Å². The van der Waals surface area contributed by atoms with Gasteiger partial charge < -0.3 is 10.1 Å². The predicted molar refractivity (Wildman–Crippen MR) is 107 cm³/mol. The fourth-order valence-electron chi connectivity index (χ4n) is 3.18. The Balaban J connectivity index is 0.00000243. The Labute approximate surface area is 165 Å². The van der Waals surface area contributed by atoms with Crippen LogP contribution >= 0.6 is 24.0 Å². The van der Waals surface area contributed by atoms with E-state index in [-0.39, 0.29) is 24.4 Å². The lowest BCUT2D eigenvalue weighted by atomic mass is 10.0. The summed E-state index contributed by atoms with van der Waals surface area (Å²) in [5.74, 6) is -0.0524. The number of nitrogens with one attached hydrogen (secondary N) is 1. The summed E-state index contributed by atoms with van der Waals surface area (Å²) in [4.78, 5) is 14.9. The molecule has 2 aromatic carbocycles. The number of carbonyl (C=O) groups is 1. The molecule has 0 radical (unpaired) electrons. The number of hydrogen-bond acceptors (Lipinski definition) is 3. The summed E-state index contributed by atoms with van der Waals surface area (Å²) in [6.45, 7) is 5.52. The Hall–Kier alpha value is -1.59. The maximum Gasteiger partial charge on any atom is 0.251 e. The van der Waals surface area contributed by atoms with E-state index >= 15 is 0 Å². The third-order valence-electron chi connectivity index (χ3n) is 4.60. The van der Waals surface area contributed by atoms with Gasteiger partial charge in [-0.05, 0) is 30.2 Å². The number of morpholine rings is 1. The average Bonchev–Trinajstić information content (AvgIpc) is 2.64. The molecule has 1 aliphatic heterocycles. The molecule has 3 rings (SSSR count). The van der Waals surface area contributed by atoms with E-state index in [1.807, 2.05) is 55.5 Å². The standard InChI is InChI=1S/C20H23ClN2O2.ClH/c1-15-6-2-3-7-16(15)20(24)22-14-19(23-10-12-25-13-11-23)17-8-4-5-9-18(17)21;/h2-9,19H,10-14H2,1H3,(H,22,24);1H. The Kier molecular flexibility index (Phi) is 7.91. The second-order valence-corrected chi connectivity index (χ2v) is 6.62. The molecule has 0 saturated carbocycles. The van der Waals surface area contributed by atoms with Crippen LogP contribution in [0, 0.1) is 6.92 Å². The van der Waals surface area contributed by atoms with Crippen molar-refractivity contribution >= 4 is 29.9 Å². The van der Waals surface area contributed by atoms with E-state index in [9.17, 15) is 4.79 Å². The molecule has 1 aliphatic rings. The minimum absolute atomic E-state index is 0. The van der Waals surface area contributed by atoms with Crippen LogP contribution < -0.4 is 5.32 Å². The van der Waals surface area contributed by atoms with E-state index in [1.165, 1.54) is 0 Å². The molecule has 0 aliphatic carbocycles. The van der Waals surface area contributed by atoms with Crippen LogP contribution in [0.1, 0.15) is 27.5 Å². The minimum Gasteiger partial charge on any atom is -0.379 e. The van der Waals surface area contributed by atoms with E-state index in [2.05, 4.69) is 10.2 Å². The van der Waals surface area contributed by atoms with E-state index < -0.39 is 0 Å². The van der Waals surface area contributed by atoms with Crippen molar-refractivity contribution in [2.24, 2.45) is 0 Å². The van der Waals surface area contributed by atoms with Gasteiger partial charge in [-0.25, -0.2) is 0 Å². The Morgan fingerprint density at radius 3 is 2.50 bits per heavy atom. The first kappa shape index (κ1) is 20.7. The average molecular weight is 395 g/mol. The van der Waals surface area contributed by atoms with Gasteiger partial charge in [0.1, 0.15) is 0 Å². The van der Waals surface area contributed by atoms with Crippen molar-refractivity contribution in [1.82, 2.24) is 10.2 Å². The maximum absolute atomic E-state index is 12.6. The van der Waals surface area contributed by atoms with Crippen LogP contribution in [-0.2, 0) is 4.74 Å². The van der Waals surface area contributed by atoms with Gasteiger partial charge in [0.05, 0.1) is 19.3 Å². The predicted octanol–water partition coefficient (Wildman–Crippen LogP) is 3.87. The van der Waals surface area contributed by atoms with Crippen LogP contribution in [0.15, 0.2) is 48.5 Å². The second kappa shape index (κ2) is 9.93. The molecule has 26 heavy (non-hydrogen) atoms. The molecule has 1 amide bonds. The van der Waals surface area contributed by atoms with Crippen molar-refractivity contribution in [2.75, 3.05) is 32.8 Å². The fourth-order valence-corrected chi connectivity index (χ4v) is 3.44. The van der Waals surface area contributed by atoms with Crippen molar-refractivity contribution in [3.8, 4) is 0 Å². The minimum atomic E-state index is -0.0524. The highest BCUT2D eigenvalue weighted by Gasteiger charge is 2.25. The number of benzene rings is 2. The summed E-state index contributed by atoms with van der Waals surface area (Å²) in [5.41, 5.74) is 2.72. The van der Waals surface area contributed by atoms with Crippen molar-refractivity contribution in [1.29, 1.82) is 0 Å². The van der Waals surface area contributed by atoms with Crippen LogP contribution in [0.2, 0.25) is 5.02 Å². The van der Waals surface area contributed by atoms with Crippen LogP contribution in [0.4, 0.5) is 0 Å². The molecule has 0 aromatic heterocycles. The molecule has 2 aromatic rings. The Morgan fingerprint density at radius 1 is 1.15 bits per heavy atom. The van der Waals surface area contributed by atoms with E-state index in [0.717, 1.165) is 29.2 Å². The van der Waals surface area contributed by atoms with Gasteiger partial charge in [-0.2, -0.15) is 0 Å². The topological polar surface area (TPSA) is 41.6 Å². The monoisotopic (exact) mass is 394 g/mol. The van der Waals surface area contributed by atoms with E-state index in [4.69, 9.17) is 16.3 Å². The molecule has 1 heterocycles. The highest BCUT2D eigenvalue weighted by molar-refractivity contribution is 6.31. The highest BCUT2D eigenvalue weighted by Crippen LogP contribution is 2.27. The summed E-state index contributed by atoms with van der Waals surface area (Å²) in [7, 11) is 0. The van der Waals surface area contributed by atoms with Gasteiger partial charge in [0.2, 0.25) is 0 Å². The number of rotatable bonds is 5. The molecular formula is C20H24Cl2N2O2. The fraction of sp³-hybridized carbons (Fsp3) is 0.350. The SMILES string of the molecule is Cc1ccccc1C(=O)NCC(c1ccccc1Cl)N1CCOCC1.Cl. The highest BCUT2D eigenvalue weighted by atomic mass is 35.5. The number of hydrogen-bond donors (Lipinski definition) is 1.